The Bertz CT molecular complexity index is 1340. The van der Waals surface area contributed by atoms with Gasteiger partial charge in [-0.15, -0.1) is 0 Å². The SMILES string of the molecule is Cc1ccc(C(=O)N2CCC(c3ccc(C#N)cc3)CC2)cc1NC(=O)c1ccc(NCC(=O)O)nc1. The van der Waals surface area contributed by atoms with Crippen LogP contribution in [0.5, 0.6) is 0 Å². The minimum Gasteiger partial charge on any atom is -0.480 e. The molecule has 1 aliphatic heterocycles. The third kappa shape index (κ3) is 6.30. The molecule has 188 valence electrons. The second-order valence-electron chi connectivity index (χ2n) is 8.96. The summed E-state index contributed by atoms with van der Waals surface area (Å²) in [5.41, 5.74) is 3.99. The molecule has 0 atom stereocenters. The lowest BCUT2D eigenvalue weighted by molar-refractivity contribution is -0.134. The van der Waals surface area contributed by atoms with E-state index in [0.717, 1.165) is 18.4 Å². The molecule has 37 heavy (non-hydrogen) atoms. The smallest absolute Gasteiger partial charge is 0.322 e. The molecule has 0 radical (unpaired) electrons. The fraction of sp³-hybridized carbons (Fsp3) is 0.250. The number of hydrogen-bond donors (Lipinski definition) is 3. The third-order valence-electron chi connectivity index (χ3n) is 6.47. The number of aryl methyl sites for hydroxylation is 1. The summed E-state index contributed by atoms with van der Waals surface area (Å²) in [6.45, 7) is 2.84. The van der Waals surface area contributed by atoms with Crippen molar-refractivity contribution in [3.8, 4) is 6.07 Å². The maximum absolute atomic E-state index is 13.2. The van der Waals surface area contributed by atoms with Crippen LogP contribution in [-0.2, 0) is 4.79 Å². The molecule has 0 bridgehead atoms. The van der Waals surface area contributed by atoms with Crippen LogP contribution in [0.4, 0.5) is 11.5 Å². The number of benzene rings is 2. The number of rotatable bonds is 7. The van der Waals surface area contributed by atoms with Crippen LogP contribution in [0.2, 0.25) is 0 Å². The number of nitriles is 1. The number of amides is 2. The average molecular weight is 498 g/mol. The van der Waals surface area contributed by atoms with Crippen molar-refractivity contribution in [1.29, 1.82) is 5.26 Å². The van der Waals surface area contributed by atoms with E-state index in [9.17, 15) is 14.4 Å². The van der Waals surface area contributed by atoms with Gasteiger partial charge in [-0.3, -0.25) is 14.4 Å². The van der Waals surface area contributed by atoms with Crippen LogP contribution in [0, 0.1) is 18.3 Å². The highest BCUT2D eigenvalue weighted by Gasteiger charge is 2.25. The molecule has 1 aliphatic rings. The summed E-state index contributed by atoms with van der Waals surface area (Å²) >= 11 is 0. The molecule has 1 fully saturated rings. The quantitative estimate of drug-likeness (QED) is 0.448. The Balaban J connectivity index is 1.38. The number of carboxylic acid groups (broad SMARTS) is 1. The number of carboxylic acids is 1. The Labute approximate surface area is 214 Å². The van der Waals surface area contributed by atoms with Gasteiger partial charge in [-0.1, -0.05) is 18.2 Å². The second kappa shape index (κ2) is 11.4. The normalized spacial score (nSPS) is 13.5. The fourth-order valence-corrected chi connectivity index (χ4v) is 4.31. The van der Waals surface area contributed by atoms with Crippen molar-refractivity contribution in [3.63, 3.8) is 0 Å². The number of carbonyl (C=O) groups is 3. The summed E-state index contributed by atoms with van der Waals surface area (Å²) in [6.07, 6.45) is 3.05. The van der Waals surface area contributed by atoms with Gasteiger partial charge in [-0.2, -0.15) is 5.26 Å². The molecule has 1 saturated heterocycles. The Morgan fingerprint density at radius 3 is 2.38 bits per heavy atom. The number of likely N-dealkylation sites (tertiary alicyclic amines) is 1. The minimum absolute atomic E-state index is 0.0794. The van der Waals surface area contributed by atoms with Crippen LogP contribution in [0.1, 0.15) is 56.2 Å². The van der Waals surface area contributed by atoms with Crippen LogP contribution >= 0.6 is 0 Å². The highest BCUT2D eigenvalue weighted by atomic mass is 16.4. The molecule has 9 heteroatoms. The number of pyridine rings is 1. The van der Waals surface area contributed by atoms with Gasteiger partial charge in [-0.25, -0.2) is 4.98 Å². The van der Waals surface area contributed by atoms with E-state index in [0.29, 0.717) is 47.2 Å². The van der Waals surface area contributed by atoms with Crippen molar-refractivity contribution in [2.24, 2.45) is 0 Å². The van der Waals surface area contributed by atoms with E-state index >= 15 is 0 Å². The van der Waals surface area contributed by atoms with Crippen molar-refractivity contribution in [3.05, 3.63) is 88.6 Å². The van der Waals surface area contributed by atoms with E-state index in [1.807, 2.05) is 42.2 Å². The predicted octanol–water partition coefficient (Wildman–Crippen LogP) is 4.03. The van der Waals surface area contributed by atoms with Gasteiger partial charge in [0, 0.05) is 30.5 Å². The first-order chi connectivity index (χ1) is 17.8. The standard InChI is InChI=1S/C28H27N5O4/c1-18-2-5-22(14-24(18)32-27(36)23-8-9-25(30-16-23)31-17-26(34)35)28(37)33-12-10-21(11-13-33)20-6-3-19(15-29)4-7-20/h2-9,14,16,21H,10-13,17H2,1H3,(H,30,31)(H,32,36)(H,34,35). The van der Waals surface area contributed by atoms with E-state index in [1.54, 1.807) is 18.2 Å². The fourth-order valence-electron chi connectivity index (χ4n) is 4.31. The lowest BCUT2D eigenvalue weighted by atomic mass is 9.89. The number of anilines is 2. The van der Waals surface area contributed by atoms with Gasteiger partial charge in [-0.05, 0) is 73.2 Å². The molecule has 2 aromatic carbocycles. The van der Waals surface area contributed by atoms with E-state index in [2.05, 4.69) is 21.7 Å². The number of nitrogens with one attached hydrogen (secondary N) is 2. The number of hydrogen-bond acceptors (Lipinski definition) is 6. The van der Waals surface area contributed by atoms with Crippen LogP contribution in [-0.4, -0.2) is 52.4 Å². The molecular formula is C28H27N5O4. The number of carbonyl (C=O) groups excluding carboxylic acids is 2. The summed E-state index contributed by atoms with van der Waals surface area (Å²) in [7, 11) is 0. The number of aliphatic carboxylic acids is 1. The second-order valence-corrected chi connectivity index (χ2v) is 8.96. The maximum atomic E-state index is 13.2. The van der Waals surface area contributed by atoms with Gasteiger partial charge >= 0.3 is 5.97 Å². The molecule has 9 nitrogen and oxygen atoms in total. The van der Waals surface area contributed by atoms with Gasteiger partial charge in [0.2, 0.25) is 0 Å². The molecule has 0 aliphatic carbocycles. The number of aromatic nitrogens is 1. The lowest BCUT2D eigenvalue weighted by Gasteiger charge is -2.32. The molecule has 0 unspecified atom stereocenters. The zero-order chi connectivity index (χ0) is 26.4. The molecule has 2 heterocycles. The van der Waals surface area contributed by atoms with Crippen LogP contribution < -0.4 is 10.6 Å². The monoisotopic (exact) mass is 497 g/mol. The summed E-state index contributed by atoms with van der Waals surface area (Å²) in [4.78, 5) is 42.5. The molecule has 0 spiro atoms. The van der Waals surface area contributed by atoms with Gasteiger partial charge in [0.1, 0.15) is 12.4 Å². The number of nitrogens with zero attached hydrogens (tertiary/aromatic N) is 3. The molecule has 4 rings (SSSR count). The molecule has 1 aromatic heterocycles. The molecule has 3 N–H and O–H groups in total. The van der Waals surface area contributed by atoms with Gasteiger partial charge in [0.25, 0.3) is 11.8 Å². The molecular weight excluding hydrogens is 470 g/mol. The first-order valence-corrected chi connectivity index (χ1v) is 12.0. The predicted molar refractivity (Wildman–Crippen MR) is 139 cm³/mol. The topological polar surface area (TPSA) is 135 Å². The van der Waals surface area contributed by atoms with Crippen molar-refractivity contribution in [2.75, 3.05) is 30.3 Å². The van der Waals surface area contributed by atoms with Crippen molar-refractivity contribution in [2.45, 2.75) is 25.7 Å². The Kier molecular flexibility index (Phi) is 7.79. The zero-order valence-corrected chi connectivity index (χ0v) is 20.4. The zero-order valence-electron chi connectivity index (χ0n) is 20.4. The molecule has 3 aromatic rings. The third-order valence-corrected chi connectivity index (χ3v) is 6.47. The summed E-state index contributed by atoms with van der Waals surface area (Å²) < 4.78 is 0. The van der Waals surface area contributed by atoms with E-state index in [1.165, 1.54) is 17.8 Å². The Morgan fingerprint density at radius 1 is 1.05 bits per heavy atom. The minimum atomic E-state index is -1.01. The van der Waals surface area contributed by atoms with Crippen LogP contribution in [0.25, 0.3) is 0 Å². The average Bonchev–Trinajstić information content (AvgIpc) is 2.93. The van der Waals surface area contributed by atoms with E-state index in [4.69, 9.17) is 10.4 Å². The highest BCUT2D eigenvalue weighted by Crippen LogP contribution is 2.29. The lowest BCUT2D eigenvalue weighted by Crippen LogP contribution is -2.38. The Hall–Kier alpha value is -4.71. The summed E-state index contributed by atoms with van der Waals surface area (Å²) in [5, 5.41) is 23.2. The highest BCUT2D eigenvalue weighted by molar-refractivity contribution is 6.05. The van der Waals surface area contributed by atoms with Gasteiger partial charge in [0.15, 0.2) is 0 Å². The van der Waals surface area contributed by atoms with E-state index < -0.39 is 5.97 Å². The summed E-state index contributed by atoms with van der Waals surface area (Å²) in [5.74, 6) is -0.767. The van der Waals surface area contributed by atoms with Gasteiger partial charge in [0.05, 0.1) is 17.2 Å². The van der Waals surface area contributed by atoms with Crippen molar-refractivity contribution >= 4 is 29.3 Å². The Morgan fingerprint density at radius 2 is 1.76 bits per heavy atom. The van der Waals surface area contributed by atoms with Crippen molar-refractivity contribution < 1.29 is 19.5 Å². The van der Waals surface area contributed by atoms with Crippen LogP contribution in [0.3, 0.4) is 0 Å². The number of piperidine rings is 1. The van der Waals surface area contributed by atoms with E-state index in [-0.39, 0.29) is 18.4 Å². The first-order valence-electron chi connectivity index (χ1n) is 12.0. The van der Waals surface area contributed by atoms with Gasteiger partial charge < -0.3 is 20.6 Å². The first kappa shape index (κ1) is 25.4. The van der Waals surface area contributed by atoms with Crippen molar-refractivity contribution in [1.82, 2.24) is 9.88 Å². The summed E-state index contributed by atoms with van der Waals surface area (Å²) in [6, 6.07) is 18.1. The largest absolute Gasteiger partial charge is 0.480 e. The maximum Gasteiger partial charge on any atom is 0.322 e. The molecule has 2 amide bonds. The van der Waals surface area contributed by atoms with Crippen LogP contribution in [0.15, 0.2) is 60.8 Å². The molecule has 0 saturated carbocycles.